The number of hydrogen-bond acceptors (Lipinski definition) is 2. The van der Waals surface area contributed by atoms with Gasteiger partial charge in [-0.15, -0.1) is 12.4 Å². The standard InChI is InChI=1S/C14H28N2O.ClH/c1-4-5-6-10-16(12(2)3)14(17)11-13-8-7-9-15-13;/h12-13,15H,4-11H2,1-3H3;1H. The maximum atomic E-state index is 12.2. The summed E-state index contributed by atoms with van der Waals surface area (Å²) in [5.41, 5.74) is 0. The Balaban J connectivity index is 0.00000289. The molecule has 0 aromatic rings. The van der Waals surface area contributed by atoms with E-state index in [1.807, 2.05) is 0 Å². The second-order valence-corrected chi connectivity index (χ2v) is 5.39. The van der Waals surface area contributed by atoms with E-state index in [2.05, 4.69) is 31.0 Å². The lowest BCUT2D eigenvalue weighted by Crippen LogP contribution is -2.40. The van der Waals surface area contributed by atoms with Crippen molar-refractivity contribution in [1.29, 1.82) is 0 Å². The van der Waals surface area contributed by atoms with E-state index in [0.29, 0.717) is 24.4 Å². The summed E-state index contributed by atoms with van der Waals surface area (Å²) < 4.78 is 0. The Morgan fingerprint density at radius 2 is 2.11 bits per heavy atom. The highest BCUT2D eigenvalue weighted by atomic mass is 35.5. The summed E-state index contributed by atoms with van der Waals surface area (Å²) in [6, 6.07) is 0.760. The third-order valence-electron chi connectivity index (χ3n) is 3.53. The number of carbonyl (C=O) groups excluding carboxylic acids is 1. The van der Waals surface area contributed by atoms with Crippen LogP contribution in [0.4, 0.5) is 0 Å². The first kappa shape index (κ1) is 17.7. The molecule has 0 aromatic carbocycles. The van der Waals surface area contributed by atoms with Crippen molar-refractivity contribution in [2.45, 2.75) is 71.4 Å². The minimum absolute atomic E-state index is 0. The Labute approximate surface area is 118 Å². The molecule has 108 valence electrons. The molecule has 4 heteroatoms. The Morgan fingerprint density at radius 1 is 1.39 bits per heavy atom. The lowest BCUT2D eigenvalue weighted by atomic mass is 10.1. The van der Waals surface area contributed by atoms with Gasteiger partial charge in [-0.1, -0.05) is 19.8 Å². The zero-order valence-corrected chi connectivity index (χ0v) is 12.9. The lowest BCUT2D eigenvalue weighted by molar-refractivity contribution is -0.133. The van der Waals surface area contributed by atoms with E-state index < -0.39 is 0 Å². The van der Waals surface area contributed by atoms with Gasteiger partial charge in [-0.25, -0.2) is 0 Å². The van der Waals surface area contributed by atoms with Crippen LogP contribution < -0.4 is 5.32 Å². The molecule has 0 bridgehead atoms. The molecule has 3 nitrogen and oxygen atoms in total. The highest BCUT2D eigenvalue weighted by molar-refractivity contribution is 5.85. The van der Waals surface area contributed by atoms with Gasteiger partial charge in [0.25, 0.3) is 0 Å². The molecule has 0 aromatic heterocycles. The second kappa shape index (κ2) is 9.62. The van der Waals surface area contributed by atoms with Crippen molar-refractivity contribution in [3.05, 3.63) is 0 Å². The number of rotatable bonds is 7. The first-order chi connectivity index (χ1) is 8.15. The van der Waals surface area contributed by atoms with Crippen molar-refractivity contribution in [3.8, 4) is 0 Å². The Bertz CT molecular complexity index is 228. The monoisotopic (exact) mass is 276 g/mol. The molecule has 1 aliphatic rings. The number of hydrogen-bond donors (Lipinski definition) is 1. The molecule has 1 fully saturated rings. The molecule has 0 aliphatic carbocycles. The second-order valence-electron chi connectivity index (χ2n) is 5.39. The normalized spacial score (nSPS) is 18.8. The van der Waals surface area contributed by atoms with Gasteiger partial charge in [0.2, 0.25) is 5.91 Å². The number of unbranched alkanes of at least 4 members (excludes halogenated alkanes) is 2. The average Bonchev–Trinajstić information content (AvgIpc) is 2.76. The fraction of sp³-hybridized carbons (Fsp3) is 0.929. The molecule has 0 spiro atoms. The van der Waals surface area contributed by atoms with Crippen LogP contribution in [-0.4, -0.2) is 36.0 Å². The van der Waals surface area contributed by atoms with Crippen molar-refractivity contribution in [3.63, 3.8) is 0 Å². The van der Waals surface area contributed by atoms with Gasteiger partial charge in [0.1, 0.15) is 0 Å². The van der Waals surface area contributed by atoms with E-state index in [-0.39, 0.29) is 12.4 Å². The molecule has 1 amide bonds. The minimum Gasteiger partial charge on any atom is -0.340 e. The summed E-state index contributed by atoms with van der Waals surface area (Å²) in [4.78, 5) is 14.3. The van der Waals surface area contributed by atoms with E-state index in [9.17, 15) is 4.79 Å². The van der Waals surface area contributed by atoms with Crippen LogP contribution in [0, 0.1) is 0 Å². The summed E-state index contributed by atoms with van der Waals surface area (Å²) in [6.45, 7) is 8.44. The number of carbonyl (C=O) groups is 1. The summed E-state index contributed by atoms with van der Waals surface area (Å²) in [6.07, 6.45) is 6.63. The third-order valence-corrected chi connectivity index (χ3v) is 3.53. The molecule has 0 saturated carbocycles. The molecule has 1 saturated heterocycles. The molecule has 0 radical (unpaired) electrons. The zero-order valence-electron chi connectivity index (χ0n) is 12.1. The summed E-state index contributed by atoms with van der Waals surface area (Å²) in [7, 11) is 0. The molecule has 1 N–H and O–H groups in total. The number of nitrogens with zero attached hydrogens (tertiary/aromatic N) is 1. The first-order valence-corrected chi connectivity index (χ1v) is 7.18. The van der Waals surface area contributed by atoms with E-state index in [0.717, 1.165) is 25.9 Å². The van der Waals surface area contributed by atoms with Gasteiger partial charge in [-0.2, -0.15) is 0 Å². The highest BCUT2D eigenvalue weighted by Gasteiger charge is 2.22. The smallest absolute Gasteiger partial charge is 0.224 e. The van der Waals surface area contributed by atoms with Crippen LogP contribution in [0.25, 0.3) is 0 Å². The Kier molecular flexibility index (Phi) is 9.47. The third kappa shape index (κ3) is 6.05. The topological polar surface area (TPSA) is 32.3 Å². The van der Waals surface area contributed by atoms with E-state index in [4.69, 9.17) is 0 Å². The summed E-state index contributed by atoms with van der Waals surface area (Å²) in [5.74, 6) is 0.329. The Morgan fingerprint density at radius 3 is 2.61 bits per heavy atom. The van der Waals surface area contributed by atoms with Gasteiger partial charge in [0.15, 0.2) is 0 Å². The molecule has 1 unspecified atom stereocenters. The lowest BCUT2D eigenvalue weighted by Gasteiger charge is -2.28. The van der Waals surface area contributed by atoms with Crippen LogP contribution in [0.3, 0.4) is 0 Å². The first-order valence-electron chi connectivity index (χ1n) is 7.18. The number of amides is 1. The van der Waals surface area contributed by atoms with Gasteiger partial charge in [-0.3, -0.25) is 4.79 Å². The summed E-state index contributed by atoms with van der Waals surface area (Å²) >= 11 is 0. The van der Waals surface area contributed by atoms with Crippen LogP contribution in [-0.2, 0) is 4.79 Å². The van der Waals surface area contributed by atoms with Gasteiger partial charge in [-0.05, 0) is 39.7 Å². The van der Waals surface area contributed by atoms with Crippen LogP contribution >= 0.6 is 12.4 Å². The van der Waals surface area contributed by atoms with Crippen molar-refractivity contribution < 1.29 is 4.79 Å². The van der Waals surface area contributed by atoms with E-state index in [1.165, 1.54) is 19.3 Å². The van der Waals surface area contributed by atoms with Crippen molar-refractivity contribution in [1.82, 2.24) is 10.2 Å². The molecule has 1 atom stereocenters. The van der Waals surface area contributed by atoms with E-state index >= 15 is 0 Å². The molecule has 1 heterocycles. The predicted molar refractivity (Wildman–Crippen MR) is 79.3 cm³/mol. The van der Waals surface area contributed by atoms with Crippen LogP contribution in [0.2, 0.25) is 0 Å². The zero-order chi connectivity index (χ0) is 12.7. The number of halogens is 1. The predicted octanol–water partition coefficient (Wildman–Crippen LogP) is 2.98. The quantitative estimate of drug-likeness (QED) is 0.725. The highest BCUT2D eigenvalue weighted by Crippen LogP contribution is 2.13. The summed E-state index contributed by atoms with van der Waals surface area (Å²) in [5, 5.41) is 3.40. The SMILES string of the molecule is CCCCCN(C(=O)CC1CCCN1)C(C)C.Cl. The van der Waals surface area contributed by atoms with Crippen LogP contribution in [0.5, 0.6) is 0 Å². The fourth-order valence-corrected chi connectivity index (χ4v) is 2.46. The van der Waals surface area contributed by atoms with Crippen LogP contribution in [0.1, 0.15) is 59.3 Å². The van der Waals surface area contributed by atoms with Gasteiger partial charge < -0.3 is 10.2 Å². The van der Waals surface area contributed by atoms with Gasteiger partial charge >= 0.3 is 0 Å². The molecule has 18 heavy (non-hydrogen) atoms. The van der Waals surface area contributed by atoms with Crippen molar-refractivity contribution in [2.75, 3.05) is 13.1 Å². The molecule has 1 rings (SSSR count). The van der Waals surface area contributed by atoms with Crippen molar-refractivity contribution in [2.24, 2.45) is 0 Å². The van der Waals surface area contributed by atoms with Crippen molar-refractivity contribution >= 4 is 18.3 Å². The Hall–Kier alpha value is -0.280. The van der Waals surface area contributed by atoms with Crippen LogP contribution in [0.15, 0.2) is 0 Å². The molecular weight excluding hydrogens is 248 g/mol. The maximum absolute atomic E-state index is 12.2. The molecular formula is C14H29ClN2O. The molecule has 1 aliphatic heterocycles. The fourth-order valence-electron chi connectivity index (χ4n) is 2.46. The largest absolute Gasteiger partial charge is 0.340 e. The average molecular weight is 277 g/mol. The minimum atomic E-state index is 0. The van der Waals surface area contributed by atoms with Gasteiger partial charge in [0, 0.05) is 25.0 Å². The van der Waals surface area contributed by atoms with Gasteiger partial charge in [0.05, 0.1) is 0 Å². The maximum Gasteiger partial charge on any atom is 0.224 e. The number of nitrogens with one attached hydrogen (secondary N) is 1. The van der Waals surface area contributed by atoms with E-state index in [1.54, 1.807) is 0 Å².